The molecule has 0 unspecified atom stereocenters. The van der Waals surface area contributed by atoms with Gasteiger partial charge < -0.3 is 10.0 Å². The van der Waals surface area contributed by atoms with Gasteiger partial charge in [-0.05, 0) is 36.4 Å². The van der Waals surface area contributed by atoms with Gasteiger partial charge in [-0.1, -0.05) is 12.1 Å². The van der Waals surface area contributed by atoms with Crippen molar-refractivity contribution in [2.24, 2.45) is 0 Å². The molecule has 0 amide bonds. The first-order valence-corrected chi connectivity index (χ1v) is 9.02. The molecular weight excluding hydrogens is 343 g/mol. The second kappa shape index (κ2) is 7.72. The molecule has 1 aliphatic heterocycles. The number of hydrogen-bond donors (Lipinski definition) is 1. The van der Waals surface area contributed by atoms with Crippen LogP contribution < -0.4 is 4.90 Å². The summed E-state index contributed by atoms with van der Waals surface area (Å²) >= 11 is 0. The molecule has 0 spiro atoms. The summed E-state index contributed by atoms with van der Waals surface area (Å²) in [6, 6.07) is 14.1. The molecule has 138 valence electrons. The first-order chi connectivity index (χ1) is 13.2. The van der Waals surface area contributed by atoms with Crippen molar-refractivity contribution in [2.45, 2.75) is 6.54 Å². The largest absolute Gasteiger partial charge is 0.508 e. The Balaban J connectivity index is 1.44. The van der Waals surface area contributed by atoms with Crippen molar-refractivity contribution < 1.29 is 9.50 Å². The third-order valence-electron chi connectivity index (χ3n) is 4.86. The fourth-order valence-corrected chi connectivity index (χ4v) is 3.40. The van der Waals surface area contributed by atoms with Crippen LogP contribution in [0, 0.1) is 5.82 Å². The van der Waals surface area contributed by atoms with Gasteiger partial charge in [0.2, 0.25) is 0 Å². The molecule has 0 radical (unpaired) electrons. The topological polar surface area (TPSA) is 52.5 Å². The highest BCUT2D eigenvalue weighted by Crippen LogP contribution is 2.26. The van der Waals surface area contributed by atoms with E-state index in [1.807, 2.05) is 24.3 Å². The van der Waals surface area contributed by atoms with E-state index in [1.54, 1.807) is 30.6 Å². The number of para-hydroxylation sites is 1. The highest BCUT2D eigenvalue weighted by atomic mass is 19.1. The highest BCUT2D eigenvalue weighted by molar-refractivity contribution is 5.58. The van der Waals surface area contributed by atoms with Crippen LogP contribution in [0.15, 0.2) is 60.9 Å². The molecule has 1 fully saturated rings. The molecule has 27 heavy (non-hydrogen) atoms. The van der Waals surface area contributed by atoms with E-state index >= 15 is 0 Å². The molecule has 0 bridgehead atoms. The van der Waals surface area contributed by atoms with Crippen LogP contribution in [-0.4, -0.2) is 46.2 Å². The van der Waals surface area contributed by atoms with Crippen molar-refractivity contribution in [1.29, 1.82) is 0 Å². The number of piperazine rings is 1. The summed E-state index contributed by atoms with van der Waals surface area (Å²) in [7, 11) is 0. The Morgan fingerprint density at radius 2 is 1.67 bits per heavy atom. The van der Waals surface area contributed by atoms with Gasteiger partial charge in [0.1, 0.15) is 11.6 Å². The van der Waals surface area contributed by atoms with Gasteiger partial charge in [-0.15, -0.1) is 0 Å². The average Bonchev–Trinajstić information content (AvgIpc) is 2.71. The number of hydrogen-bond acceptors (Lipinski definition) is 5. The van der Waals surface area contributed by atoms with Gasteiger partial charge in [-0.3, -0.25) is 4.90 Å². The number of benzene rings is 2. The summed E-state index contributed by atoms with van der Waals surface area (Å²) in [5, 5.41) is 10.3. The smallest absolute Gasteiger partial charge is 0.159 e. The van der Waals surface area contributed by atoms with Crippen molar-refractivity contribution in [3.05, 3.63) is 72.3 Å². The van der Waals surface area contributed by atoms with E-state index in [9.17, 15) is 9.50 Å². The molecule has 4 rings (SSSR count). The Bertz CT molecular complexity index is 911. The lowest BCUT2D eigenvalue weighted by Gasteiger charge is -2.36. The molecule has 0 saturated carbocycles. The normalized spacial score (nSPS) is 15.1. The summed E-state index contributed by atoms with van der Waals surface area (Å²) in [4.78, 5) is 12.9. The van der Waals surface area contributed by atoms with E-state index in [4.69, 9.17) is 0 Å². The van der Waals surface area contributed by atoms with Crippen LogP contribution in [0.5, 0.6) is 5.75 Å². The number of anilines is 1. The Labute approximate surface area is 157 Å². The lowest BCUT2D eigenvalue weighted by molar-refractivity contribution is 0.246. The standard InChI is InChI=1S/C21H21FN4O/c22-18-4-1-2-5-19(18)26-12-10-25(11-13-26)15-17-14-16(6-7-20(17)27)21-23-8-3-9-24-21/h1-9,14,27H,10-13,15H2. The van der Waals surface area contributed by atoms with E-state index in [0.717, 1.165) is 37.3 Å². The minimum absolute atomic E-state index is 0.181. The number of halogens is 1. The highest BCUT2D eigenvalue weighted by Gasteiger charge is 2.20. The van der Waals surface area contributed by atoms with Gasteiger partial charge in [0.05, 0.1) is 5.69 Å². The Morgan fingerprint density at radius 3 is 2.41 bits per heavy atom. The van der Waals surface area contributed by atoms with Crippen LogP contribution in [0.4, 0.5) is 10.1 Å². The van der Waals surface area contributed by atoms with E-state index < -0.39 is 0 Å². The number of aromatic nitrogens is 2. The molecule has 6 heteroatoms. The molecule has 2 aromatic carbocycles. The number of rotatable bonds is 4. The van der Waals surface area contributed by atoms with Crippen molar-refractivity contribution in [3.63, 3.8) is 0 Å². The third-order valence-corrected chi connectivity index (χ3v) is 4.86. The van der Waals surface area contributed by atoms with Gasteiger partial charge in [-0.25, -0.2) is 14.4 Å². The summed E-state index contributed by atoms with van der Waals surface area (Å²) in [6.45, 7) is 3.75. The maximum absolute atomic E-state index is 14.0. The number of phenols is 1. The first kappa shape index (κ1) is 17.4. The maximum Gasteiger partial charge on any atom is 0.159 e. The Hall–Kier alpha value is -2.99. The van der Waals surface area contributed by atoms with Crippen molar-refractivity contribution >= 4 is 5.69 Å². The Kier molecular flexibility index (Phi) is 4.98. The molecule has 1 aromatic heterocycles. The van der Waals surface area contributed by atoms with Crippen LogP contribution in [0.25, 0.3) is 11.4 Å². The van der Waals surface area contributed by atoms with Crippen LogP contribution in [0.1, 0.15) is 5.56 Å². The third kappa shape index (κ3) is 3.90. The summed E-state index contributed by atoms with van der Waals surface area (Å²) in [6.07, 6.45) is 3.41. The molecule has 5 nitrogen and oxygen atoms in total. The zero-order valence-electron chi connectivity index (χ0n) is 14.9. The van der Waals surface area contributed by atoms with Gasteiger partial charge in [0, 0.05) is 56.2 Å². The van der Waals surface area contributed by atoms with Gasteiger partial charge in [0.25, 0.3) is 0 Å². The molecule has 1 saturated heterocycles. The van der Waals surface area contributed by atoms with Gasteiger partial charge >= 0.3 is 0 Å². The second-order valence-corrected chi connectivity index (χ2v) is 6.63. The fraction of sp³-hybridized carbons (Fsp3) is 0.238. The number of aromatic hydroxyl groups is 1. The maximum atomic E-state index is 14.0. The molecule has 0 atom stereocenters. The van der Waals surface area contributed by atoms with Crippen molar-refractivity contribution in [1.82, 2.24) is 14.9 Å². The van der Waals surface area contributed by atoms with Gasteiger partial charge in [-0.2, -0.15) is 0 Å². The summed E-state index contributed by atoms with van der Waals surface area (Å²) < 4.78 is 14.0. The van der Waals surface area contributed by atoms with Crippen LogP contribution in [0.3, 0.4) is 0 Å². The lowest BCUT2D eigenvalue weighted by Crippen LogP contribution is -2.46. The average molecular weight is 364 g/mol. The zero-order valence-corrected chi connectivity index (χ0v) is 14.9. The van der Waals surface area contributed by atoms with E-state index in [1.165, 1.54) is 6.07 Å². The predicted octanol–water partition coefficient (Wildman–Crippen LogP) is 3.31. The van der Waals surface area contributed by atoms with Crippen molar-refractivity contribution in [3.8, 4) is 17.1 Å². The molecule has 0 aliphatic carbocycles. The predicted molar refractivity (Wildman–Crippen MR) is 103 cm³/mol. The second-order valence-electron chi connectivity index (χ2n) is 6.63. The number of nitrogens with zero attached hydrogens (tertiary/aromatic N) is 4. The Morgan fingerprint density at radius 1 is 0.926 bits per heavy atom. The zero-order chi connectivity index (χ0) is 18.6. The van der Waals surface area contributed by atoms with Crippen LogP contribution in [0.2, 0.25) is 0 Å². The first-order valence-electron chi connectivity index (χ1n) is 9.02. The monoisotopic (exact) mass is 364 g/mol. The minimum atomic E-state index is -0.181. The van der Waals surface area contributed by atoms with Crippen molar-refractivity contribution in [2.75, 3.05) is 31.1 Å². The number of phenolic OH excluding ortho intramolecular Hbond substituents is 1. The quantitative estimate of drug-likeness (QED) is 0.770. The van der Waals surface area contributed by atoms with E-state index in [-0.39, 0.29) is 11.6 Å². The fourth-order valence-electron chi connectivity index (χ4n) is 3.40. The summed E-state index contributed by atoms with van der Waals surface area (Å²) in [5.41, 5.74) is 2.39. The minimum Gasteiger partial charge on any atom is -0.508 e. The molecule has 1 N–H and O–H groups in total. The van der Waals surface area contributed by atoms with E-state index in [2.05, 4.69) is 19.8 Å². The lowest BCUT2D eigenvalue weighted by atomic mass is 10.1. The van der Waals surface area contributed by atoms with Crippen LogP contribution >= 0.6 is 0 Å². The van der Waals surface area contributed by atoms with E-state index in [0.29, 0.717) is 18.1 Å². The molecule has 3 aromatic rings. The van der Waals surface area contributed by atoms with Crippen LogP contribution in [-0.2, 0) is 6.54 Å². The SMILES string of the molecule is Oc1ccc(-c2ncccn2)cc1CN1CCN(c2ccccc2F)CC1. The molecule has 1 aliphatic rings. The summed E-state index contributed by atoms with van der Waals surface area (Å²) in [5.74, 6) is 0.730. The molecular formula is C21H21FN4O. The van der Waals surface area contributed by atoms with Gasteiger partial charge in [0.15, 0.2) is 5.82 Å². The molecule has 2 heterocycles.